The number of methoxy groups -OCH3 is 3. The van der Waals surface area contributed by atoms with E-state index in [1.165, 1.54) is 0 Å². The van der Waals surface area contributed by atoms with Crippen LogP contribution in [0.15, 0.2) is 55.1 Å². The number of rotatable bonds is 11. The van der Waals surface area contributed by atoms with Gasteiger partial charge in [0.05, 0.1) is 27.9 Å². The zero-order valence-electron chi connectivity index (χ0n) is 16.7. The summed E-state index contributed by atoms with van der Waals surface area (Å²) in [5.41, 5.74) is 2.05. The molecule has 1 amide bonds. The van der Waals surface area contributed by atoms with Crippen molar-refractivity contribution in [2.24, 2.45) is 0 Å². The second-order valence-electron chi connectivity index (χ2n) is 6.27. The van der Waals surface area contributed by atoms with E-state index in [9.17, 15) is 4.79 Å². The maximum atomic E-state index is 12.4. The quantitative estimate of drug-likeness (QED) is 0.604. The summed E-state index contributed by atoms with van der Waals surface area (Å²) in [5, 5.41) is 2.95. The molecule has 0 unspecified atom stereocenters. The monoisotopic (exact) mass is 384 g/mol. The van der Waals surface area contributed by atoms with Crippen LogP contribution in [-0.2, 0) is 17.9 Å². The van der Waals surface area contributed by atoms with Gasteiger partial charge in [-0.1, -0.05) is 24.3 Å². The Morgan fingerprint density at radius 3 is 2.29 bits per heavy atom. The minimum Gasteiger partial charge on any atom is -0.497 e. The smallest absolute Gasteiger partial charge is 0.234 e. The SMILES string of the molecule is C=CCN(CC(=O)NCc1ccc(OC)c(OC)c1)Cc1ccc(OC)cc1. The topological polar surface area (TPSA) is 60.0 Å². The van der Waals surface area contributed by atoms with Crippen LogP contribution in [0, 0.1) is 0 Å². The van der Waals surface area contributed by atoms with Crippen LogP contribution in [-0.4, -0.2) is 45.2 Å². The summed E-state index contributed by atoms with van der Waals surface area (Å²) < 4.78 is 15.7. The van der Waals surface area contributed by atoms with E-state index < -0.39 is 0 Å². The fourth-order valence-corrected chi connectivity index (χ4v) is 2.81. The van der Waals surface area contributed by atoms with E-state index in [1.807, 2.05) is 47.4 Å². The van der Waals surface area contributed by atoms with Gasteiger partial charge >= 0.3 is 0 Å². The van der Waals surface area contributed by atoms with Crippen molar-refractivity contribution in [1.82, 2.24) is 10.2 Å². The van der Waals surface area contributed by atoms with Gasteiger partial charge in [0.1, 0.15) is 5.75 Å². The lowest BCUT2D eigenvalue weighted by molar-refractivity contribution is -0.122. The summed E-state index contributed by atoms with van der Waals surface area (Å²) >= 11 is 0. The molecule has 6 heteroatoms. The summed E-state index contributed by atoms with van der Waals surface area (Å²) in [4.78, 5) is 14.4. The number of nitrogens with zero attached hydrogens (tertiary/aromatic N) is 1. The normalized spacial score (nSPS) is 10.4. The van der Waals surface area contributed by atoms with Crippen molar-refractivity contribution < 1.29 is 19.0 Å². The highest BCUT2D eigenvalue weighted by Gasteiger charge is 2.11. The molecule has 0 aromatic heterocycles. The second kappa shape index (κ2) is 11.0. The Labute approximate surface area is 166 Å². The summed E-state index contributed by atoms with van der Waals surface area (Å²) in [6.07, 6.45) is 1.80. The van der Waals surface area contributed by atoms with Crippen molar-refractivity contribution in [3.05, 3.63) is 66.2 Å². The Hall–Kier alpha value is -2.99. The molecular formula is C22H28N2O4. The lowest BCUT2D eigenvalue weighted by Crippen LogP contribution is -2.36. The summed E-state index contributed by atoms with van der Waals surface area (Å²) in [7, 11) is 4.82. The van der Waals surface area contributed by atoms with E-state index in [0.717, 1.165) is 16.9 Å². The van der Waals surface area contributed by atoms with Crippen LogP contribution >= 0.6 is 0 Å². The van der Waals surface area contributed by atoms with Gasteiger partial charge in [-0.2, -0.15) is 0 Å². The second-order valence-corrected chi connectivity index (χ2v) is 6.27. The zero-order valence-corrected chi connectivity index (χ0v) is 16.7. The van der Waals surface area contributed by atoms with Gasteiger partial charge in [-0.15, -0.1) is 6.58 Å². The van der Waals surface area contributed by atoms with Crippen molar-refractivity contribution in [2.45, 2.75) is 13.1 Å². The highest BCUT2D eigenvalue weighted by molar-refractivity contribution is 5.78. The van der Waals surface area contributed by atoms with Gasteiger partial charge in [0.2, 0.25) is 5.91 Å². The average molecular weight is 384 g/mol. The molecule has 1 N–H and O–H groups in total. The average Bonchev–Trinajstić information content (AvgIpc) is 2.72. The zero-order chi connectivity index (χ0) is 20.4. The van der Waals surface area contributed by atoms with E-state index in [4.69, 9.17) is 14.2 Å². The molecule has 0 spiro atoms. The molecule has 2 aromatic rings. The molecule has 28 heavy (non-hydrogen) atoms. The van der Waals surface area contributed by atoms with Crippen LogP contribution in [0.4, 0.5) is 0 Å². The van der Waals surface area contributed by atoms with Crippen molar-refractivity contribution >= 4 is 5.91 Å². The van der Waals surface area contributed by atoms with Crippen molar-refractivity contribution in [2.75, 3.05) is 34.4 Å². The Balaban J connectivity index is 1.91. The molecule has 0 aliphatic rings. The van der Waals surface area contributed by atoms with Gasteiger partial charge in [0.15, 0.2) is 11.5 Å². The third-order valence-corrected chi connectivity index (χ3v) is 4.26. The first kappa shape index (κ1) is 21.3. The molecule has 0 radical (unpaired) electrons. The molecule has 0 heterocycles. The summed E-state index contributed by atoms with van der Waals surface area (Å²) in [6.45, 7) is 5.76. The number of carbonyl (C=O) groups excluding carboxylic acids is 1. The molecule has 0 saturated heterocycles. The summed E-state index contributed by atoms with van der Waals surface area (Å²) in [5.74, 6) is 2.06. The molecule has 0 saturated carbocycles. The molecule has 0 fully saturated rings. The predicted octanol–water partition coefficient (Wildman–Crippen LogP) is 3.02. The van der Waals surface area contributed by atoms with Gasteiger partial charge in [-0.25, -0.2) is 0 Å². The number of amides is 1. The number of hydrogen-bond acceptors (Lipinski definition) is 5. The molecule has 6 nitrogen and oxygen atoms in total. The summed E-state index contributed by atoms with van der Waals surface area (Å²) in [6, 6.07) is 13.4. The first-order chi connectivity index (χ1) is 13.6. The first-order valence-corrected chi connectivity index (χ1v) is 9.03. The number of hydrogen-bond donors (Lipinski definition) is 1. The van der Waals surface area contributed by atoms with Crippen LogP contribution in [0.25, 0.3) is 0 Å². The molecule has 2 rings (SSSR count). The van der Waals surface area contributed by atoms with E-state index in [-0.39, 0.29) is 12.5 Å². The fraction of sp³-hybridized carbons (Fsp3) is 0.318. The van der Waals surface area contributed by atoms with Crippen LogP contribution in [0.1, 0.15) is 11.1 Å². The largest absolute Gasteiger partial charge is 0.497 e. The van der Waals surface area contributed by atoms with Crippen LogP contribution in [0.3, 0.4) is 0 Å². The maximum Gasteiger partial charge on any atom is 0.234 e. The van der Waals surface area contributed by atoms with Crippen LogP contribution in [0.5, 0.6) is 17.2 Å². The highest BCUT2D eigenvalue weighted by atomic mass is 16.5. The van der Waals surface area contributed by atoms with E-state index in [1.54, 1.807) is 27.4 Å². The van der Waals surface area contributed by atoms with Gasteiger partial charge in [0, 0.05) is 19.6 Å². The molecule has 0 aliphatic carbocycles. The van der Waals surface area contributed by atoms with Crippen LogP contribution < -0.4 is 19.5 Å². The molecule has 150 valence electrons. The van der Waals surface area contributed by atoms with Crippen molar-refractivity contribution in [1.29, 1.82) is 0 Å². The third kappa shape index (κ3) is 6.32. The molecule has 0 bridgehead atoms. The molecule has 2 aromatic carbocycles. The van der Waals surface area contributed by atoms with E-state index >= 15 is 0 Å². The minimum absolute atomic E-state index is 0.0508. The standard InChI is InChI=1S/C22H28N2O4/c1-5-12-24(15-17-6-9-19(26-2)10-7-17)16-22(25)23-14-18-8-11-20(27-3)21(13-18)28-4/h5-11,13H,1,12,14-16H2,2-4H3,(H,23,25). The maximum absolute atomic E-state index is 12.4. The Bertz CT molecular complexity index is 775. The van der Waals surface area contributed by atoms with Crippen molar-refractivity contribution in [3.63, 3.8) is 0 Å². The Morgan fingerprint density at radius 2 is 1.68 bits per heavy atom. The Morgan fingerprint density at radius 1 is 1.00 bits per heavy atom. The van der Waals surface area contributed by atoms with Gasteiger partial charge in [0.25, 0.3) is 0 Å². The van der Waals surface area contributed by atoms with Gasteiger partial charge in [-0.3, -0.25) is 9.69 Å². The Kier molecular flexibility index (Phi) is 8.37. The van der Waals surface area contributed by atoms with E-state index in [2.05, 4.69) is 11.9 Å². The lowest BCUT2D eigenvalue weighted by atomic mass is 10.2. The third-order valence-electron chi connectivity index (χ3n) is 4.26. The number of nitrogens with one attached hydrogen (secondary N) is 1. The first-order valence-electron chi connectivity index (χ1n) is 9.03. The van der Waals surface area contributed by atoms with Gasteiger partial charge in [-0.05, 0) is 35.4 Å². The van der Waals surface area contributed by atoms with E-state index in [0.29, 0.717) is 31.1 Å². The van der Waals surface area contributed by atoms with Crippen LogP contribution in [0.2, 0.25) is 0 Å². The number of benzene rings is 2. The molecular weight excluding hydrogens is 356 g/mol. The molecule has 0 atom stereocenters. The molecule has 0 aliphatic heterocycles. The highest BCUT2D eigenvalue weighted by Crippen LogP contribution is 2.27. The van der Waals surface area contributed by atoms with Gasteiger partial charge < -0.3 is 19.5 Å². The van der Waals surface area contributed by atoms with Crippen molar-refractivity contribution in [3.8, 4) is 17.2 Å². The predicted molar refractivity (Wildman–Crippen MR) is 110 cm³/mol. The number of ether oxygens (including phenoxy) is 3. The fourth-order valence-electron chi connectivity index (χ4n) is 2.81. The minimum atomic E-state index is -0.0508. The number of carbonyl (C=O) groups is 1. The lowest BCUT2D eigenvalue weighted by Gasteiger charge is -2.20.